The smallest absolute Gasteiger partial charge is 0.270 e. The first kappa shape index (κ1) is 23.4. The molecule has 2 aromatic carbocycles. The predicted octanol–water partition coefficient (Wildman–Crippen LogP) is 6.33. The summed E-state index contributed by atoms with van der Waals surface area (Å²) in [6.45, 7) is 9.76. The molecule has 164 valence electrons. The SMILES string of the molecule is C=Nc1cc([C@@H](C)C(=C)C(=O)C2=NC(c3ccccc3Cl)C(=O)C=C2)cc(C(C)(F)F)c1. The van der Waals surface area contributed by atoms with Crippen molar-refractivity contribution in [1.82, 2.24) is 0 Å². The summed E-state index contributed by atoms with van der Waals surface area (Å²) in [5.41, 5.74) is 1.17. The minimum Gasteiger partial charge on any atom is -0.292 e. The molecule has 0 amide bonds. The van der Waals surface area contributed by atoms with E-state index in [4.69, 9.17) is 11.6 Å². The molecule has 1 aliphatic rings. The molecule has 0 radical (unpaired) electrons. The third kappa shape index (κ3) is 4.81. The van der Waals surface area contributed by atoms with E-state index in [1.54, 1.807) is 37.3 Å². The maximum atomic E-state index is 13.9. The molecule has 0 saturated heterocycles. The van der Waals surface area contributed by atoms with E-state index in [0.29, 0.717) is 16.1 Å². The highest BCUT2D eigenvalue weighted by molar-refractivity contribution is 6.50. The molecule has 3 rings (SSSR count). The number of Topliss-reactive ketones (excluding diaryl/α,β-unsaturated/α-hetero) is 1. The Balaban J connectivity index is 1.93. The third-order valence-electron chi connectivity index (χ3n) is 5.32. The van der Waals surface area contributed by atoms with Gasteiger partial charge in [0.25, 0.3) is 5.92 Å². The zero-order valence-corrected chi connectivity index (χ0v) is 18.4. The molecular formula is C25H21ClF2N2O2. The van der Waals surface area contributed by atoms with Gasteiger partial charge in [-0.05, 0) is 48.7 Å². The molecule has 1 heterocycles. The second-order valence-corrected chi connectivity index (χ2v) is 8.02. The molecule has 2 atom stereocenters. The van der Waals surface area contributed by atoms with Crippen molar-refractivity contribution in [2.24, 2.45) is 9.98 Å². The molecule has 4 nitrogen and oxygen atoms in total. The summed E-state index contributed by atoms with van der Waals surface area (Å²) >= 11 is 6.20. The monoisotopic (exact) mass is 454 g/mol. The van der Waals surface area contributed by atoms with Gasteiger partial charge in [0, 0.05) is 34.6 Å². The van der Waals surface area contributed by atoms with Crippen LogP contribution in [0.2, 0.25) is 5.02 Å². The van der Waals surface area contributed by atoms with E-state index in [1.165, 1.54) is 24.3 Å². The highest BCUT2D eigenvalue weighted by Gasteiger charge is 2.30. The van der Waals surface area contributed by atoms with Gasteiger partial charge in [-0.15, -0.1) is 0 Å². The summed E-state index contributed by atoms with van der Waals surface area (Å²) in [6, 6.07) is 10.00. The van der Waals surface area contributed by atoms with Crippen LogP contribution < -0.4 is 0 Å². The summed E-state index contributed by atoms with van der Waals surface area (Å²) in [7, 11) is 0. The maximum Gasteiger partial charge on any atom is 0.270 e. The second-order valence-electron chi connectivity index (χ2n) is 7.61. The van der Waals surface area contributed by atoms with Crippen LogP contribution in [-0.2, 0) is 15.5 Å². The average molecular weight is 455 g/mol. The molecule has 1 aliphatic heterocycles. The zero-order valence-electron chi connectivity index (χ0n) is 17.6. The molecule has 2 aromatic rings. The Bertz CT molecular complexity index is 1180. The molecule has 0 fully saturated rings. The van der Waals surface area contributed by atoms with Crippen LogP contribution in [0.3, 0.4) is 0 Å². The van der Waals surface area contributed by atoms with Crippen molar-refractivity contribution in [1.29, 1.82) is 0 Å². The van der Waals surface area contributed by atoms with Crippen LogP contribution in [0.15, 0.2) is 76.8 Å². The summed E-state index contributed by atoms with van der Waals surface area (Å²) in [5, 5.41) is 0.366. The number of hydrogen-bond donors (Lipinski definition) is 0. The van der Waals surface area contributed by atoms with E-state index >= 15 is 0 Å². The lowest BCUT2D eigenvalue weighted by atomic mass is 9.87. The number of carbonyl (C=O) groups excluding carboxylic acids is 2. The highest BCUT2D eigenvalue weighted by Crippen LogP contribution is 2.35. The van der Waals surface area contributed by atoms with E-state index in [1.807, 2.05) is 0 Å². The number of dihydropyridines is 1. The molecule has 0 saturated carbocycles. The number of aliphatic imine (C=N–C) groups is 2. The van der Waals surface area contributed by atoms with Crippen molar-refractivity contribution in [2.75, 3.05) is 0 Å². The average Bonchev–Trinajstić information content (AvgIpc) is 2.77. The number of benzene rings is 2. The molecule has 1 unspecified atom stereocenters. The summed E-state index contributed by atoms with van der Waals surface area (Å²) in [6.07, 6.45) is 2.62. The maximum absolute atomic E-state index is 13.9. The van der Waals surface area contributed by atoms with Gasteiger partial charge in [0.05, 0.1) is 5.69 Å². The van der Waals surface area contributed by atoms with Crippen LogP contribution in [-0.4, -0.2) is 24.0 Å². The number of hydrogen-bond acceptors (Lipinski definition) is 4. The van der Waals surface area contributed by atoms with Gasteiger partial charge in [-0.3, -0.25) is 19.6 Å². The van der Waals surface area contributed by atoms with Gasteiger partial charge in [0.15, 0.2) is 5.78 Å². The van der Waals surface area contributed by atoms with Crippen LogP contribution in [0.4, 0.5) is 14.5 Å². The van der Waals surface area contributed by atoms with Crippen LogP contribution in [0.1, 0.15) is 42.5 Å². The lowest BCUT2D eigenvalue weighted by Gasteiger charge is -2.20. The number of alkyl halides is 2. The van der Waals surface area contributed by atoms with Gasteiger partial charge >= 0.3 is 0 Å². The Morgan fingerprint density at radius 1 is 1.22 bits per heavy atom. The second kappa shape index (κ2) is 9.09. The van der Waals surface area contributed by atoms with Gasteiger partial charge in [-0.2, -0.15) is 0 Å². The number of allylic oxidation sites excluding steroid dienone is 2. The molecule has 0 N–H and O–H groups in total. The normalized spacial score (nSPS) is 17.0. The predicted molar refractivity (Wildman–Crippen MR) is 124 cm³/mol. The Kier molecular flexibility index (Phi) is 6.65. The fourth-order valence-corrected chi connectivity index (χ4v) is 3.58. The fraction of sp³-hybridized carbons (Fsp3) is 0.200. The van der Waals surface area contributed by atoms with Crippen LogP contribution in [0, 0.1) is 0 Å². The summed E-state index contributed by atoms with van der Waals surface area (Å²) in [4.78, 5) is 33.6. The number of halogens is 3. The van der Waals surface area contributed by atoms with Crippen LogP contribution in [0.5, 0.6) is 0 Å². The number of rotatable bonds is 7. The van der Waals surface area contributed by atoms with Gasteiger partial charge in [0.2, 0.25) is 5.78 Å². The van der Waals surface area contributed by atoms with Crippen molar-refractivity contribution < 1.29 is 18.4 Å². The molecule has 7 heteroatoms. The molecule has 0 aliphatic carbocycles. The quantitative estimate of drug-likeness (QED) is 0.362. The molecular weight excluding hydrogens is 434 g/mol. The van der Waals surface area contributed by atoms with Gasteiger partial charge in [0.1, 0.15) is 11.8 Å². The molecule has 0 aromatic heterocycles. The van der Waals surface area contributed by atoms with Crippen molar-refractivity contribution in [3.8, 4) is 0 Å². The molecule has 32 heavy (non-hydrogen) atoms. The lowest BCUT2D eigenvalue weighted by Crippen LogP contribution is -2.23. The summed E-state index contributed by atoms with van der Waals surface area (Å²) < 4.78 is 27.8. The van der Waals surface area contributed by atoms with E-state index in [0.717, 1.165) is 6.92 Å². The topological polar surface area (TPSA) is 58.9 Å². The Labute approximate surface area is 190 Å². The number of carbonyl (C=O) groups is 2. The van der Waals surface area contributed by atoms with E-state index in [-0.39, 0.29) is 28.3 Å². The largest absolute Gasteiger partial charge is 0.292 e. The Morgan fingerprint density at radius 2 is 1.91 bits per heavy atom. The Morgan fingerprint density at radius 3 is 2.53 bits per heavy atom. The Hall–Kier alpha value is -3.25. The van der Waals surface area contributed by atoms with Gasteiger partial charge < -0.3 is 0 Å². The van der Waals surface area contributed by atoms with Gasteiger partial charge in [-0.25, -0.2) is 8.78 Å². The number of nitrogens with zero attached hydrogens (tertiary/aromatic N) is 2. The summed E-state index contributed by atoms with van der Waals surface area (Å²) in [5.74, 6) is -4.47. The van der Waals surface area contributed by atoms with Crippen LogP contribution >= 0.6 is 11.6 Å². The van der Waals surface area contributed by atoms with E-state index in [9.17, 15) is 18.4 Å². The molecule has 0 bridgehead atoms. The van der Waals surface area contributed by atoms with Crippen molar-refractivity contribution in [3.63, 3.8) is 0 Å². The highest BCUT2D eigenvalue weighted by atomic mass is 35.5. The number of ketones is 2. The first-order valence-corrected chi connectivity index (χ1v) is 10.2. The van der Waals surface area contributed by atoms with Crippen molar-refractivity contribution in [2.45, 2.75) is 31.7 Å². The van der Waals surface area contributed by atoms with Gasteiger partial charge in [-0.1, -0.05) is 43.3 Å². The van der Waals surface area contributed by atoms with Crippen LogP contribution in [0.25, 0.3) is 0 Å². The fourth-order valence-electron chi connectivity index (χ4n) is 3.34. The first-order chi connectivity index (χ1) is 15.0. The zero-order chi connectivity index (χ0) is 23.6. The first-order valence-electron chi connectivity index (χ1n) is 9.80. The molecule has 0 spiro atoms. The van der Waals surface area contributed by atoms with Crippen molar-refractivity contribution >= 4 is 41.3 Å². The van der Waals surface area contributed by atoms with E-state index < -0.39 is 23.7 Å². The lowest BCUT2D eigenvalue weighted by molar-refractivity contribution is -0.115. The van der Waals surface area contributed by atoms with E-state index in [2.05, 4.69) is 23.3 Å². The van der Waals surface area contributed by atoms with Crippen molar-refractivity contribution in [3.05, 3.63) is 88.5 Å². The minimum absolute atomic E-state index is 0.0467. The minimum atomic E-state index is -3.08. The standard InChI is InChI=1S/C25H21ClF2N2O2/c1-14(16-11-17(25(3,27)28)13-18(12-16)29-4)15(2)24(32)21-9-10-22(31)23(30-21)19-7-5-6-8-20(19)26/h5-14,23H,2,4H2,1,3H3/t14-,23?/m0/s1. The third-order valence-corrected chi connectivity index (χ3v) is 5.66.